The predicted molar refractivity (Wildman–Crippen MR) is 62.0 cm³/mol. The molecule has 12 heteroatoms. The van der Waals surface area contributed by atoms with Crippen LogP contribution in [0.25, 0.3) is 0 Å². The van der Waals surface area contributed by atoms with Crippen LogP contribution in [0.3, 0.4) is 0 Å². The molecule has 0 radical (unpaired) electrons. The van der Waals surface area contributed by atoms with Gasteiger partial charge in [-0.1, -0.05) is 0 Å². The molecule has 2 heterocycles. The van der Waals surface area contributed by atoms with E-state index in [0.717, 1.165) is 21.1 Å². The molecule has 4 amide bonds. The number of barbiturate groups is 1. The number of carbonyl (C=O) groups excluding carboxylic acids is 3. The Morgan fingerprint density at radius 2 is 1.64 bits per heavy atom. The summed E-state index contributed by atoms with van der Waals surface area (Å²) in [4.78, 5) is 42.8. The molecule has 22 heavy (non-hydrogen) atoms. The predicted octanol–water partition coefficient (Wildman–Crippen LogP) is -0.455. The van der Waals surface area contributed by atoms with Crippen LogP contribution < -0.4 is 0 Å². The van der Waals surface area contributed by atoms with Crippen molar-refractivity contribution in [2.24, 2.45) is 5.16 Å². The van der Waals surface area contributed by atoms with Crippen molar-refractivity contribution in [3.05, 3.63) is 0 Å². The number of likely N-dealkylation sites (N-methyl/N-ethyl adjacent to an activating group) is 3. The highest BCUT2D eigenvalue weighted by Crippen LogP contribution is 2.32. The number of oxime groups is 1. The molecule has 1 fully saturated rings. The van der Waals surface area contributed by atoms with E-state index in [-0.39, 0.29) is 0 Å². The first-order valence-corrected chi connectivity index (χ1v) is 5.82. The van der Waals surface area contributed by atoms with Crippen LogP contribution in [-0.2, 0) is 19.2 Å². The molecule has 0 saturated carbocycles. The minimum absolute atomic E-state index is 0.597. The van der Waals surface area contributed by atoms with E-state index in [2.05, 4.69) is 9.89 Å². The fourth-order valence-corrected chi connectivity index (χ4v) is 1.94. The summed E-state index contributed by atoms with van der Waals surface area (Å²) in [6, 6.07) is -1.60. The van der Waals surface area contributed by atoms with E-state index in [1.807, 2.05) is 0 Å². The first kappa shape index (κ1) is 15.9. The average Bonchev–Trinajstić information content (AvgIpc) is 2.77. The Morgan fingerprint density at radius 1 is 1.14 bits per heavy atom. The van der Waals surface area contributed by atoms with Gasteiger partial charge in [0.1, 0.15) is 0 Å². The minimum Gasteiger partial charge on any atom is -0.453 e. The van der Waals surface area contributed by atoms with Crippen molar-refractivity contribution in [3.63, 3.8) is 0 Å². The molecular weight excluding hydrogens is 313 g/mol. The van der Waals surface area contributed by atoms with Crippen LogP contribution in [-0.4, -0.2) is 78.2 Å². The molecule has 0 atom stereocenters. The smallest absolute Gasteiger partial charge is 0.422 e. The fraction of sp³-hybridized carbons (Fsp3) is 0.600. The second kappa shape index (κ2) is 4.74. The van der Waals surface area contributed by atoms with Gasteiger partial charge in [0, 0.05) is 21.1 Å². The summed E-state index contributed by atoms with van der Waals surface area (Å²) < 4.78 is 40.9. The first-order chi connectivity index (χ1) is 10.0. The molecule has 0 N–H and O–H groups in total. The van der Waals surface area contributed by atoms with Crippen LogP contribution in [0.15, 0.2) is 5.16 Å². The van der Waals surface area contributed by atoms with Crippen molar-refractivity contribution >= 4 is 23.9 Å². The van der Waals surface area contributed by atoms with Gasteiger partial charge in [-0.2, -0.15) is 13.2 Å². The third-order valence-electron chi connectivity index (χ3n) is 3.14. The number of hydrogen-bond acceptors (Lipinski definition) is 7. The molecule has 9 nitrogen and oxygen atoms in total. The van der Waals surface area contributed by atoms with Gasteiger partial charge in [-0.25, -0.2) is 4.79 Å². The third-order valence-corrected chi connectivity index (χ3v) is 3.14. The number of nitrogens with zero attached hydrogens (tertiary/aromatic N) is 4. The summed E-state index contributed by atoms with van der Waals surface area (Å²) >= 11 is 0. The monoisotopic (exact) mass is 324 g/mol. The number of ether oxygens (including phenoxy) is 1. The Balaban J connectivity index is 2.27. The zero-order valence-corrected chi connectivity index (χ0v) is 11.7. The third kappa shape index (κ3) is 2.10. The Bertz CT molecular complexity index is 551. The standard InChI is InChI=1S/C10H11F3N4O5/c1-15-5(18)10(6(19)16(2)8(15)20)17(3)7(14-22-10)21-4-9(11,12)13/h4H2,1-3H3. The van der Waals surface area contributed by atoms with E-state index in [1.54, 1.807) is 0 Å². The van der Waals surface area contributed by atoms with Gasteiger partial charge >= 0.3 is 35.8 Å². The highest BCUT2D eigenvalue weighted by atomic mass is 19.4. The van der Waals surface area contributed by atoms with Gasteiger partial charge in [0.25, 0.3) is 0 Å². The molecule has 0 unspecified atom stereocenters. The topological polar surface area (TPSA) is 91.8 Å². The first-order valence-electron chi connectivity index (χ1n) is 5.82. The molecule has 122 valence electrons. The van der Waals surface area contributed by atoms with E-state index >= 15 is 0 Å². The molecule has 0 aromatic rings. The Labute approximate surface area is 121 Å². The number of imide groups is 2. The lowest BCUT2D eigenvalue weighted by atomic mass is 10.1. The summed E-state index contributed by atoms with van der Waals surface area (Å²) in [5.74, 6) is -2.17. The molecule has 0 aromatic heterocycles. The summed E-state index contributed by atoms with van der Waals surface area (Å²) in [7, 11) is 3.29. The zero-order chi connectivity index (χ0) is 16.9. The van der Waals surface area contributed by atoms with Crippen LogP contribution in [0, 0.1) is 0 Å². The van der Waals surface area contributed by atoms with Crippen molar-refractivity contribution in [2.45, 2.75) is 11.9 Å². The minimum atomic E-state index is -4.64. The highest BCUT2D eigenvalue weighted by Gasteiger charge is 2.65. The second-order valence-corrected chi connectivity index (χ2v) is 4.58. The maximum absolute atomic E-state index is 12.2. The van der Waals surface area contributed by atoms with E-state index < -0.39 is 42.4 Å². The average molecular weight is 324 g/mol. The lowest BCUT2D eigenvalue weighted by Crippen LogP contribution is -2.72. The van der Waals surface area contributed by atoms with Crippen LogP contribution in [0.4, 0.5) is 18.0 Å². The summed E-state index contributed by atoms with van der Waals surface area (Å²) in [5.41, 5.74) is -2.39. The van der Waals surface area contributed by atoms with Gasteiger partial charge in [0.2, 0.25) is 0 Å². The summed E-state index contributed by atoms with van der Waals surface area (Å²) in [6.45, 7) is -1.68. The Morgan fingerprint density at radius 3 is 2.09 bits per heavy atom. The number of hydrogen-bond donors (Lipinski definition) is 0. The van der Waals surface area contributed by atoms with Crippen molar-refractivity contribution < 1.29 is 37.1 Å². The Hall–Kier alpha value is -2.53. The van der Waals surface area contributed by atoms with E-state index in [1.165, 1.54) is 0 Å². The van der Waals surface area contributed by atoms with Gasteiger partial charge in [0.15, 0.2) is 6.61 Å². The number of amides is 4. The molecular formula is C10H11F3N4O5. The van der Waals surface area contributed by atoms with Crippen LogP contribution in [0.5, 0.6) is 0 Å². The highest BCUT2D eigenvalue weighted by molar-refractivity contribution is 6.22. The van der Waals surface area contributed by atoms with Crippen LogP contribution in [0.2, 0.25) is 0 Å². The molecule has 2 aliphatic rings. The van der Waals surface area contributed by atoms with Crippen molar-refractivity contribution in [1.29, 1.82) is 0 Å². The Kier molecular flexibility index (Phi) is 3.42. The summed E-state index contributed by atoms with van der Waals surface area (Å²) in [6.07, 6.45) is -4.64. The number of urea groups is 1. The maximum Gasteiger partial charge on any atom is 0.422 e. The normalized spacial score (nSPS) is 21.5. The van der Waals surface area contributed by atoms with Gasteiger partial charge in [0.05, 0.1) is 0 Å². The molecule has 2 aliphatic heterocycles. The maximum atomic E-state index is 12.2. The van der Waals surface area contributed by atoms with Crippen molar-refractivity contribution in [1.82, 2.24) is 14.7 Å². The molecule has 0 aliphatic carbocycles. The van der Waals surface area contributed by atoms with Gasteiger partial charge < -0.3 is 9.57 Å². The van der Waals surface area contributed by atoms with E-state index in [0.29, 0.717) is 14.7 Å². The molecule has 2 rings (SSSR count). The molecule has 1 spiro atoms. The second-order valence-electron chi connectivity index (χ2n) is 4.58. The number of amidine groups is 1. The zero-order valence-electron chi connectivity index (χ0n) is 11.7. The van der Waals surface area contributed by atoms with Crippen molar-refractivity contribution in [3.8, 4) is 0 Å². The lowest BCUT2D eigenvalue weighted by molar-refractivity contribution is -0.186. The van der Waals surface area contributed by atoms with Crippen molar-refractivity contribution in [2.75, 3.05) is 27.7 Å². The summed E-state index contributed by atoms with van der Waals surface area (Å²) in [5, 5.41) is 3.21. The van der Waals surface area contributed by atoms with Gasteiger partial charge in [-0.05, 0) is 5.16 Å². The number of rotatable bonds is 1. The largest absolute Gasteiger partial charge is 0.453 e. The quantitative estimate of drug-likeness (QED) is 0.607. The molecule has 0 aromatic carbocycles. The lowest BCUT2D eigenvalue weighted by Gasteiger charge is -2.40. The van der Waals surface area contributed by atoms with Gasteiger partial charge in [-0.3, -0.25) is 24.3 Å². The molecule has 1 saturated heterocycles. The van der Waals surface area contributed by atoms with Crippen LogP contribution in [0.1, 0.15) is 0 Å². The number of halogens is 3. The van der Waals surface area contributed by atoms with Crippen LogP contribution >= 0.6 is 0 Å². The fourth-order valence-electron chi connectivity index (χ4n) is 1.94. The molecule has 0 bridgehead atoms. The SMILES string of the molecule is CN1C(=O)N(C)C(=O)C2(ON=C(OCC(F)(F)F)N2C)C1=O. The van der Waals surface area contributed by atoms with E-state index in [4.69, 9.17) is 4.84 Å². The number of carbonyl (C=O) groups is 3. The number of alkyl halides is 3. The van der Waals surface area contributed by atoms with E-state index in [9.17, 15) is 27.6 Å². The van der Waals surface area contributed by atoms with Gasteiger partial charge in [-0.15, -0.1) is 0 Å².